The summed E-state index contributed by atoms with van der Waals surface area (Å²) in [4.78, 5) is 2.65. The van der Waals surface area contributed by atoms with Crippen LogP contribution in [0.1, 0.15) is 58.8 Å². The molecule has 1 heterocycles. The predicted octanol–water partition coefficient (Wildman–Crippen LogP) is 3.03. The number of hydrogen-bond acceptors (Lipinski definition) is 2. The monoisotopic (exact) mass is 238 g/mol. The number of piperidine rings is 1. The van der Waals surface area contributed by atoms with Crippen LogP contribution in [-0.2, 0) is 0 Å². The third-order valence-corrected chi connectivity index (χ3v) is 5.13. The summed E-state index contributed by atoms with van der Waals surface area (Å²) in [7, 11) is 0. The number of likely N-dealkylation sites (tertiary alicyclic amines) is 1. The zero-order valence-electron chi connectivity index (χ0n) is 11.8. The second kappa shape index (κ2) is 6.19. The quantitative estimate of drug-likeness (QED) is 0.792. The van der Waals surface area contributed by atoms with Crippen molar-refractivity contribution in [1.82, 2.24) is 10.2 Å². The van der Waals surface area contributed by atoms with Crippen LogP contribution >= 0.6 is 0 Å². The molecule has 0 radical (unpaired) electrons. The molecule has 0 atom stereocenters. The van der Waals surface area contributed by atoms with Crippen molar-refractivity contribution >= 4 is 0 Å². The maximum absolute atomic E-state index is 3.72. The Bertz CT molecular complexity index is 213. The van der Waals surface area contributed by atoms with E-state index in [1.165, 1.54) is 71.1 Å². The van der Waals surface area contributed by atoms with Gasteiger partial charge in [0.05, 0.1) is 0 Å². The van der Waals surface area contributed by atoms with Crippen LogP contribution in [0.25, 0.3) is 0 Å². The lowest BCUT2D eigenvalue weighted by Crippen LogP contribution is -2.42. The lowest BCUT2D eigenvalue weighted by molar-refractivity contribution is 0.115. The second-order valence-electron chi connectivity index (χ2n) is 6.44. The first-order valence-corrected chi connectivity index (χ1v) is 7.68. The number of rotatable bonds is 5. The van der Waals surface area contributed by atoms with Crippen LogP contribution in [-0.4, -0.2) is 37.1 Å². The topological polar surface area (TPSA) is 15.3 Å². The van der Waals surface area contributed by atoms with Gasteiger partial charge in [-0.2, -0.15) is 0 Å². The first-order valence-electron chi connectivity index (χ1n) is 7.68. The molecule has 100 valence electrons. The van der Waals surface area contributed by atoms with Gasteiger partial charge >= 0.3 is 0 Å². The van der Waals surface area contributed by atoms with Gasteiger partial charge in [0, 0.05) is 19.1 Å². The highest BCUT2D eigenvalue weighted by atomic mass is 15.1. The Hall–Kier alpha value is -0.0800. The Kier molecular flexibility index (Phi) is 4.87. The summed E-state index contributed by atoms with van der Waals surface area (Å²) in [5.74, 6) is 0. The molecule has 0 amide bonds. The van der Waals surface area contributed by atoms with Gasteiger partial charge < -0.3 is 10.2 Å². The van der Waals surface area contributed by atoms with Crippen molar-refractivity contribution in [2.75, 3.05) is 26.2 Å². The number of hydrogen-bond donors (Lipinski definition) is 1. The molecule has 2 nitrogen and oxygen atoms in total. The standard InChI is InChI=1S/C15H30N2/c1-3-15(2)8-11-17(12-9-15)13-10-16-14-6-4-5-7-14/h14,16H,3-13H2,1-2H3. The predicted molar refractivity (Wildman–Crippen MR) is 74.3 cm³/mol. The summed E-state index contributed by atoms with van der Waals surface area (Å²) >= 11 is 0. The van der Waals surface area contributed by atoms with Crippen LogP contribution in [0.3, 0.4) is 0 Å². The van der Waals surface area contributed by atoms with Crippen molar-refractivity contribution in [3.8, 4) is 0 Å². The Morgan fingerprint density at radius 3 is 2.41 bits per heavy atom. The van der Waals surface area contributed by atoms with Crippen molar-refractivity contribution in [2.45, 2.75) is 64.8 Å². The van der Waals surface area contributed by atoms with E-state index in [0.29, 0.717) is 5.41 Å². The van der Waals surface area contributed by atoms with E-state index in [1.54, 1.807) is 0 Å². The van der Waals surface area contributed by atoms with Gasteiger partial charge in [-0.25, -0.2) is 0 Å². The van der Waals surface area contributed by atoms with Gasteiger partial charge in [0.25, 0.3) is 0 Å². The molecule has 1 saturated heterocycles. The van der Waals surface area contributed by atoms with E-state index < -0.39 is 0 Å². The molecule has 1 aliphatic carbocycles. The molecule has 1 N–H and O–H groups in total. The average Bonchev–Trinajstić information content (AvgIpc) is 2.85. The van der Waals surface area contributed by atoms with Gasteiger partial charge in [0.15, 0.2) is 0 Å². The first-order chi connectivity index (χ1) is 8.22. The zero-order valence-corrected chi connectivity index (χ0v) is 11.8. The molecule has 0 unspecified atom stereocenters. The van der Waals surface area contributed by atoms with Crippen molar-refractivity contribution in [2.24, 2.45) is 5.41 Å². The van der Waals surface area contributed by atoms with Crippen molar-refractivity contribution in [3.63, 3.8) is 0 Å². The lowest BCUT2D eigenvalue weighted by Gasteiger charge is -2.39. The molecule has 0 spiro atoms. The summed E-state index contributed by atoms with van der Waals surface area (Å²) in [6.07, 6.45) is 9.84. The number of nitrogens with zero attached hydrogens (tertiary/aromatic N) is 1. The lowest BCUT2D eigenvalue weighted by atomic mass is 9.78. The third kappa shape index (κ3) is 3.96. The van der Waals surface area contributed by atoms with Gasteiger partial charge in [-0.15, -0.1) is 0 Å². The molecular weight excluding hydrogens is 208 g/mol. The van der Waals surface area contributed by atoms with Crippen LogP contribution in [0.4, 0.5) is 0 Å². The molecule has 17 heavy (non-hydrogen) atoms. The Morgan fingerprint density at radius 2 is 1.82 bits per heavy atom. The van der Waals surface area contributed by atoms with Crippen molar-refractivity contribution in [1.29, 1.82) is 0 Å². The van der Waals surface area contributed by atoms with Gasteiger partial charge in [-0.05, 0) is 44.2 Å². The van der Waals surface area contributed by atoms with Gasteiger partial charge in [0.1, 0.15) is 0 Å². The fraction of sp³-hybridized carbons (Fsp3) is 1.00. The Labute approximate surface area is 107 Å². The molecule has 0 aromatic carbocycles. The van der Waals surface area contributed by atoms with E-state index in [0.717, 1.165) is 6.04 Å². The largest absolute Gasteiger partial charge is 0.313 e. The van der Waals surface area contributed by atoms with Crippen LogP contribution in [0.2, 0.25) is 0 Å². The summed E-state index contributed by atoms with van der Waals surface area (Å²) in [6, 6.07) is 0.834. The van der Waals surface area contributed by atoms with Crippen molar-refractivity contribution in [3.05, 3.63) is 0 Å². The fourth-order valence-electron chi connectivity index (χ4n) is 3.23. The maximum atomic E-state index is 3.72. The summed E-state index contributed by atoms with van der Waals surface area (Å²) in [5.41, 5.74) is 0.634. The van der Waals surface area contributed by atoms with Crippen LogP contribution in [0.15, 0.2) is 0 Å². The molecule has 0 bridgehead atoms. The summed E-state index contributed by atoms with van der Waals surface area (Å²) in [6.45, 7) is 9.90. The molecule has 0 aromatic heterocycles. The first kappa shape index (κ1) is 13.4. The molecule has 2 aliphatic rings. The minimum absolute atomic E-state index is 0.634. The van der Waals surface area contributed by atoms with E-state index in [1.807, 2.05) is 0 Å². The van der Waals surface area contributed by atoms with Gasteiger partial charge in [-0.1, -0.05) is 33.1 Å². The van der Waals surface area contributed by atoms with Crippen LogP contribution in [0, 0.1) is 5.41 Å². The fourth-order valence-corrected chi connectivity index (χ4v) is 3.23. The van der Waals surface area contributed by atoms with E-state index in [-0.39, 0.29) is 0 Å². The van der Waals surface area contributed by atoms with Crippen molar-refractivity contribution < 1.29 is 0 Å². The molecule has 2 fully saturated rings. The van der Waals surface area contributed by atoms with E-state index in [9.17, 15) is 0 Å². The molecule has 0 aromatic rings. The van der Waals surface area contributed by atoms with E-state index >= 15 is 0 Å². The molecule has 2 rings (SSSR count). The smallest absolute Gasteiger partial charge is 0.0107 e. The Balaban J connectivity index is 1.58. The second-order valence-corrected chi connectivity index (χ2v) is 6.44. The maximum Gasteiger partial charge on any atom is 0.0107 e. The zero-order chi connectivity index (χ0) is 12.1. The molecular formula is C15H30N2. The van der Waals surface area contributed by atoms with Crippen LogP contribution in [0.5, 0.6) is 0 Å². The van der Waals surface area contributed by atoms with E-state index in [2.05, 4.69) is 24.1 Å². The molecule has 1 saturated carbocycles. The third-order valence-electron chi connectivity index (χ3n) is 5.13. The highest BCUT2D eigenvalue weighted by molar-refractivity contribution is 4.82. The summed E-state index contributed by atoms with van der Waals surface area (Å²) < 4.78 is 0. The Morgan fingerprint density at radius 1 is 1.18 bits per heavy atom. The average molecular weight is 238 g/mol. The van der Waals surface area contributed by atoms with Crippen LogP contribution < -0.4 is 5.32 Å². The minimum Gasteiger partial charge on any atom is -0.313 e. The van der Waals surface area contributed by atoms with Gasteiger partial charge in [-0.3, -0.25) is 0 Å². The van der Waals surface area contributed by atoms with E-state index in [4.69, 9.17) is 0 Å². The molecule has 2 heteroatoms. The van der Waals surface area contributed by atoms with Gasteiger partial charge in [0.2, 0.25) is 0 Å². The highest BCUT2D eigenvalue weighted by Gasteiger charge is 2.27. The normalized spacial score (nSPS) is 26.5. The minimum atomic E-state index is 0.634. The molecule has 1 aliphatic heterocycles. The SMILES string of the molecule is CCC1(C)CCN(CCNC2CCCC2)CC1. The summed E-state index contributed by atoms with van der Waals surface area (Å²) in [5, 5.41) is 3.72. The number of nitrogens with one attached hydrogen (secondary N) is 1. The highest BCUT2D eigenvalue weighted by Crippen LogP contribution is 2.33.